The number of carbonyl (C=O) groups excluding carboxylic acids is 4. The van der Waals surface area contributed by atoms with Gasteiger partial charge < -0.3 is 0 Å². The van der Waals surface area contributed by atoms with Crippen LogP contribution in [0.15, 0.2) is 24.3 Å². The Kier molecular flexibility index (Phi) is 4.96. The second kappa shape index (κ2) is 7.35. The number of hydrogen-bond donors (Lipinski definition) is 0. The highest BCUT2D eigenvalue weighted by atomic mass is 16.2. The van der Waals surface area contributed by atoms with Crippen molar-refractivity contribution in [1.82, 2.24) is 9.80 Å². The summed E-state index contributed by atoms with van der Waals surface area (Å²) in [6.45, 7) is 7.81. The smallest absolute Gasteiger partial charge is 0.261 e. The second-order valence-electron chi connectivity index (χ2n) is 7.97. The van der Waals surface area contributed by atoms with Gasteiger partial charge in [0.2, 0.25) is 0 Å². The van der Waals surface area contributed by atoms with Crippen LogP contribution < -0.4 is 0 Å². The lowest BCUT2D eigenvalue weighted by molar-refractivity contribution is 0.0508. The molecule has 0 aliphatic carbocycles. The van der Waals surface area contributed by atoms with Crippen LogP contribution in [0.4, 0.5) is 0 Å². The van der Waals surface area contributed by atoms with Gasteiger partial charge >= 0.3 is 0 Å². The fraction of sp³-hybridized carbons (Fsp3) is 0.417. The molecule has 4 rings (SSSR count). The van der Waals surface area contributed by atoms with E-state index in [-0.39, 0.29) is 35.7 Å². The molecule has 30 heavy (non-hydrogen) atoms. The fourth-order valence-electron chi connectivity index (χ4n) is 4.88. The van der Waals surface area contributed by atoms with Gasteiger partial charge in [-0.3, -0.25) is 29.0 Å². The van der Waals surface area contributed by atoms with Crippen molar-refractivity contribution in [3.63, 3.8) is 0 Å². The third-order valence-corrected chi connectivity index (χ3v) is 6.57. The molecule has 0 spiro atoms. The Morgan fingerprint density at radius 2 is 0.767 bits per heavy atom. The van der Waals surface area contributed by atoms with Crippen LogP contribution >= 0.6 is 0 Å². The molecule has 0 atom stereocenters. The molecule has 2 aromatic rings. The maximum Gasteiger partial charge on any atom is 0.261 e. The van der Waals surface area contributed by atoms with E-state index in [1.165, 1.54) is 9.80 Å². The molecule has 0 aromatic heterocycles. The summed E-state index contributed by atoms with van der Waals surface area (Å²) in [6, 6.07) is 6.16. The maximum absolute atomic E-state index is 13.3. The van der Waals surface area contributed by atoms with Crippen molar-refractivity contribution in [1.29, 1.82) is 0 Å². The van der Waals surface area contributed by atoms with Gasteiger partial charge in [-0.2, -0.15) is 0 Å². The van der Waals surface area contributed by atoms with E-state index in [9.17, 15) is 19.2 Å². The SMILES string of the molecule is CCC(CC)N1C(=O)c2ccc3c4c(ccc(c24)C1=O)C(=O)N(C(CC)CC)C3=O. The van der Waals surface area contributed by atoms with E-state index in [4.69, 9.17) is 0 Å². The van der Waals surface area contributed by atoms with Crippen molar-refractivity contribution in [3.05, 3.63) is 46.5 Å². The molecule has 0 saturated heterocycles. The summed E-state index contributed by atoms with van der Waals surface area (Å²) in [5.41, 5.74) is 1.53. The molecule has 0 unspecified atom stereocenters. The average molecular weight is 406 g/mol. The van der Waals surface area contributed by atoms with Crippen molar-refractivity contribution in [3.8, 4) is 0 Å². The van der Waals surface area contributed by atoms with Crippen LogP contribution in [-0.2, 0) is 0 Å². The van der Waals surface area contributed by atoms with Crippen LogP contribution in [0, 0.1) is 0 Å². The first-order chi connectivity index (χ1) is 14.4. The highest BCUT2D eigenvalue weighted by molar-refractivity contribution is 6.33. The summed E-state index contributed by atoms with van der Waals surface area (Å²) < 4.78 is 0. The predicted octanol–water partition coefficient (Wildman–Crippen LogP) is 4.41. The third kappa shape index (κ3) is 2.56. The van der Waals surface area contributed by atoms with Crippen LogP contribution in [-0.4, -0.2) is 45.5 Å². The van der Waals surface area contributed by atoms with Crippen LogP contribution in [0.25, 0.3) is 10.8 Å². The molecule has 6 heteroatoms. The molecular formula is C24H26N2O4. The largest absolute Gasteiger partial charge is 0.271 e. The quantitative estimate of drug-likeness (QED) is 0.666. The molecule has 2 aromatic carbocycles. The minimum atomic E-state index is -0.354. The van der Waals surface area contributed by atoms with Gasteiger partial charge in [-0.15, -0.1) is 0 Å². The molecule has 4 amide bonds. The van der Waals surface area contributed by atoms with Crippen molar-refractivity contribution >= 4 is 34.4 Å². The molecule has 2 heterocycles. The van der Waals surface area contributed by atoms with Crippen LogP contribution in [0.3, 0.4) is 0 Å². The van der Waals surface area contributed by atoms with Crippen LogP contribution in [0.1, 0.15) is 94.8 Å². The Morgan fingerprint density at radius 1 is 0.533 bits per heavy atom. The molecule has 6 nitrogen and oxygen atoms in total. The number of amides is 4. The number of hydrogen-bond acceptors (Lipinski definition) is 4. The monoisotopic (exact) mass is 406 g/mol. The molecule has 156 valence electrons. The van der Waals surface area contributed by atoms with E-state index < -0.39 is 0 Å². The molecule has 0 fully saturated rings. The number of benzene rings is 2. The summed E-state index contributed by atoms with van der Waals surface area (Å²) in [5.74, 6) is -1.42. The van der Waals surface area contributed by atoms with E-state index in [1.807, 2.05) is 27.7 Å². The first-order valence-electron chi connectivity index (χ1n) is 10.8. The first-order valence-corrected chi connectivity index (χ1v) is 10.8. The summed E-state index contributed by atoms with van der Waals surface area (Å²) in [5, 5.41) is 0.876. The highest BCUT2D eigenvalue weighted by Gasteiger charge is 2.42. The second-order valence-corrected chi connectivity index (χ2v) is 7.97. The average Bonchev–Trinajstić information content (AvgIpc) is 2.76. The summed E-state index contributed by atoms with van der Waals surface area (Å²) in [6.07, 6.45) is 2.68. The van der Waals surface area contributed by atoms with Crippen molar-refractivity contribution in [2.24, 2.45) is 0 Å². The van der Waals surface area contributed by atoms with E-state index >= 15 is 0 Å². The molecule has 2 aliphatic rings. The normalized spacial score (nSPS) is 15.9. The van der Waals surface area contributed by atoms with E-state index in [0.717, 1.165) is 0 Å². The fourth-order valence-corrected chi connectivity index (χ4v) is 4.88. The van der Waals surface area contributed by atoms with Gasteiger partial charge in [0.25, 0.3) is 23.6 Å². The Morgan fingerprint density at radius 3 is 0.967 bits per heavy atom. The topological polar surface area (TPSA) is 74.8 Å². The van der Waals surface area contributed by atoms with Gasteiger partial charge in [0, 0.05) is 45.1 Å². The van der Waals surface area contributed by atoms with Crippen molar-refractivity contribution in [2.75, 3.05) is 0 Å². The standard InChI is InChI=1S/C24H26N2O4/c1-5-13(6-2)25-21(27)15-9-11-17-20-18(12-10-16(19(15)20)22(25)28)24(30)26(23(17)29)14(7-3)8-4/h9-14H,5-8H2,1-4H3. The van der Waals surface area contributed by atoms with Crippen molar-refractivity contribution < 1.29 is 19.2 Å². The Labute approximate surface area is 175 Å². The molecule has 0 radical (unpaired) electrons. The van der Waals surface area contributed by atoms with Gasteiger partial charge in [0.1, 0.15) is 0 Å². The lowest BCUT2D eigenvalue weighted by Gasteiger charge is -2.36. The van der Waals surface area contributed by atoms with Gasteiger partial charge in [-0.05, 0) is 49.9 Å². The predicted molar refractivity (Wildman–Crippen MR) is 114 cm³/mol. The Balaban J connectivity index is 1.97. The van der Waals surface area contributed by atoms with Crippen LogP contribution in [0.2, 0.25) is 0 Å². The number of imide groups is 2. The molecule has 0 N–H and O–H groups in total. The highest BCUT2D eigenvalue weighted by Crippen LogP contribution is 2.39. The van der Waals surface area contributed by atoms with Crippen molar-refractivity contribution in [2.45, 2.75) is 65.5 Å². The Hall–Kier alpha value is -3.02. The molecular weight excluding hydrogens is 380 g/mol. The van der Waals surface area contributed by atoms with E-state index in [0.29, 0.717) is 58.7 Å². The van der Waals surface area contributed by atoms with Gasteiger partial charge in [0.15, 0.2) is 0 Å². The minimum Gasteiger partial charge on any atom is -0.271 e. The van der Waals surface area contributed by atoms with E-state index in [1.54, 1.807) is 24.3 Å². The first kappa shape index (κ1) is 20.3. The molecule has 2 aliphatic heterocycles. The summed E-state index contributed by atoms with van der Waals surface area (Å²) >= 11 is 0. The third-order valence-electron chi connectivity index (χ3n) is 6.57. The zero-order chi connectivity index (χ0) is 21.7. The Bertz CT molecular complexity index is 939. The zero-order valence-electron chi connectivity index (χ0n) is 17.8. The molecule has 0 saturated carbocycles. The lowest BCUT2D eigenvalue weighted by atomic mass is 9.84. The van der Waals surface area contributed by atoms with E-state index in [2.05, 4.69) is 0 Å². The summed E-state index contributed by atoms with van der Waals surface area (Å²) in [4.78, 5) is 55.7. The number of nitrogens with zero attached hydrogens (tertiary/aromatic N) is 2. The van der Waals surface area contributed by atoms with Gasteiger partial charge in [0.05, 0.1) is 0 Å². The summed E-state index contributed by atoms with van der Waals surface area (Å²) in [7, 11) is 0. The lowest BCUT2D eigenvalue weighted by Crippen LogP contribution is -2.48. The van der Waals surface area contributed by atoms with Gasteiger partial charge in [-0.25, -0.2) is 0 Å². The zero-order valence-corrected chi connectivity index (χ0v) is 17.8. The number of carbonyl (C=O) groups is 4. The maximum atomic E-state index is 13.3. The molecule has 0 bridgehead atoms. The van der Waals surface area contributed by atoms with Gasteiger partial charge in [-0.1, -0.05) is 27.7 Å². The minimum absolute atomic E-state index is 0.186. The number of rotatable bonds is 6. The van der Waals surface area contributed by atoms with Crippen LogP contribution in [0.5, 0.6) is 0 Å².